The van der Waals surface area contributed by atoms with E-state index in [1.807, 2.05) is 25.1 Å². The van der Waals surface area contributed by atoms with Crippen LogP contribution in [0.25, 0.3) is 0 Å². The van der Waals surface area contributed by atoms with E-state index in [0.29, 0.717) is 12.3 Å². The van der Waals surface area contributed by atoms with E-state index in [0.717, 1.165) is 16.9 Å². The summed E-state index contributed by atoms with van der Waals surface area (Å²) < 4.78 is 10.4. The van der Waals surface area contributed by atoms with E-state index in [9.17, 15) is 0 Å². The van der Waals surface area contributed by atoms with Gasteiger partial charge in [0.05, 0.1) is 20.8 Å². The summed E-state index contributed by atoms with van der Waals surface area (Å²) in [6.45, 7) is 6.39. The van der Waals surface area contributed by atoms with E-state index in [-0.39, 0.29) is 0 Å². The van der Waals surface area contributed by atoms with Crippen LogP contribution < -0.4 is 9.47 Å². The minimum Gasteiger partial charge on any atom is -0.493 e. The average Bonchev–Trinajstić information content (AvgIpc) is 2.28. The summed E-state index contributed by atoms with van der Waals surface area (Å²) in [6, 6.07) is 5.69. The molecule has 0 fully saturated rings. The number of methoxy groups -OCH3 is 2. The molecule has 1 aromatic rings. The summed E-state index contributed by atoms with van der Waals surface area (Å²) in [5, 5.41) is 0. The first kappa shape index (κ1) is 12.3. The molecular formula is C13H17NO2. The fraction of sp³-hybridized carbons (Fsp3) is 0.308. The van der Waals surface area contributed by atoms with Gasteiger partial charge in [-0.2, -0.15) is 0 Å². The third kappa shape index (κ3) is 3.42. The van der Waals surface area contributed by atoms with Crippen LogP contribution in [0.4, 0.5) is 0 Å². The first-order valence-electron chi connectivity index (χ1n) is 5.03. The van der Waals surface area contributed by atoms with Gasteiger partial charge >= 0.3 is 0 Å². The van der Waals surface area contributed by atoms with Gasteiger partial charge in [-0.1, -0.05) is 12.2 Å². The van der Waals surface area contributed by atoms with Crippen molar-refractivity contribution in [2.45, 2.75) is 6.92 Å². The summed E-state index contributed by atoms with van der Waals surface area (Å²) in [6.07, 6.45) is 1.80. The van der Waals surface area contributed by atoms with Crippen LogP contribution in [-0.4, -0.2) is 27.0 Å². The Bertz CT molecular complexity index is 397. The highest BCUT2D eigenvalue weighted by Crippen LogP contribution is 2.26. The molecular weight excluding hydrogens is 202 g/mol. The van der Waals surface area contributed by atoms with Crippen LogP contribution in [0.5, 0.6) is 11.5 Å². The molecule has 0 amide bonds. The van der Waals surface area contributed by atoms with Gasteiger partial charge in [0, 0.05) is 6.21 Å². The number of ether oxygens (including phenoxy) is 2. The Morgan fingerprint density at radius 1 is 1.31 bits per heavy atom. The topological polar surface area (TPSA) is 30.8 Å². The molecule has 0 bridgehead atoms. The molecule has 0 heterocycles. The van der Waals surface area contributed by atoms with Crippen LogP contribution >= 0.6 is 0 Å². The molecule has 0 saturated heterocycles. The number of nitrogens with zero attached hydrogens (tertiary/aromatic N) is 1. The van der Waals surface area contributed by atoms with E-state index >= 15 is 0 Å². The summed E-state index contributed by atoms with van der Waals surface area (Å²) in [5.74, 6) is 1.43. The Morgan fingerprint density at radius 2 is 2.00 bits per heavy atom. The second-order valence-electron chi connectivity index (χ2n) is 3.54. The minimum absolute atomic E-state index is 0.647. The van der Waals surface area contributed by atoms with Crippen molar-refractivity contribution in [2.75, 3.05) is 20.8 Å². The van der Waals surface area contributed by atoms with Gasteiger partial charge in [0.1, 0.15) is 0 Å². The molecule has 0 atom stereocenters. The molecule has 16 heavy (non-hydrogen) atoms. The van der Waals surface area contributed by atoms with Crippen molar-refractivity contribution in [3.05, 3.63) is 35.9 Å². The third-order valence-corrected chi connectivity index (χ3v) is 2.01. The van der Waals surface area contributed by atoms with Gasteiger partial charge in [0.25, 0.3) is 0 Å². The number of aliphatic imine (C=N–C) groups is 1. The molecule has 1 aromatic carbocycles. The predicted octanol–water partition coefficient (Wildman–Crippen LogP) is 2.70. The smallest absolute Gasteiger partial charge is 0.161 e. The van der Waals surface area contributed by atoms with Crippen molar-refractivity contribution in [1.29, 1.82) is 0 Å². The molecule has 86 valence electrons. The zero-order valence-corrected chi connectivity index (χ0v) is 9.99. The third-order valence-electron chi connectivity index (χ3n) is 2.01. The fourth-order valence-corrected chi connectivity index (χ4v) is 1.24. The zero-order valence-electron chi connectivity index (χ0n) is 9.99. The highest BCUT2D eigenvalue weighted by Gasteiger charge is 2.02. The van der Waals surface area contributed by atoms with Crippen LogP contribution in [0.3, 0.4) is 0 Å². The van der Waals surface area contributed by atoms with Crippen molar-refractivity contribution in [3.8, 4) is 11.5 Å². The van der Waals surface area contributed by atoms with E-state index in [1.54, 1.807) is 20.4 Å². The van der Waals surface area contributed by atoms with Crippen molar-refractivity contribution < 1.29 is 9.47 Å². The molecule has 0 aliphatic rings. The Balaban J connectivity index is 2.82. The number of hydrogen-bond acceptors (Lipinski definition) is 3. The Morgan fingerprint density at radius 3 is 2.56 bits per heavy atom. The number of benzene rings is 1. The van der Waals surface area contributed by atoms with Crippen molar-refractivity contribution >= 4 is 6.21 Å². The molecule has 0 aliphatic heterocycles. The lowest BCUT2D eigenvalue weighted by molar-refractivity contribution is 0.355. The second kappa shape index (κ2) is 5.95. The Labute approximate surface area is 96.4 Å². The summed E-state index contributed by atoms with van der Waals surface area (Å²) in [4.78, 5) is 4.25. The van der Waals surface area contributed by atoms with Crippen molar-refractivity contribution in [1.82, 2.24) is 0 Å². The van der Waals surface area contributed by atoms with E-state index < -0.39 is 0 Å². The molecule has 3 nitrogen and oxygen atoms in total. The van der Waals surface area contributed by atoms with Gasteiger partial charge in [-0.05, 0) is 30.7 Å². The lowest BCUT2D eigenvalue weighted by Crippen LogP contribution is -1.92. The van der Waals surface area contributed by atoms with E-state index in [1.165, 1.54) is 0 Å². The van der Waals surface area contributed by atoms with Gasteiger partial charge in [-0.3, -0.25) is 4.99 Å². The van der Waals surface area contributed by atoms with Crippen LogP contribution in [-0.2, 0) is 0 Å². The van der Waals surface area contributed by atoms with Gasteiger partial charge in [-0.25, -0.2) is 0 Å². The molecule has 0 N–H and O–H groups in total. The maximum Gasteiger partial charge on any atom is 0.161 e. The monoisotopic (exact) mass is 219 g/mol. The van der Waals surface area contributed by atoms with Crippen molar-refractivity contribution in [2.24, 2.45) is 4.99 Å². The number of rotatable bonds is 5. The lowest BCUT2D eigenvalue weighted by atomic mass is 10.2. The quantitative estimate of drug-likeness (QED) is 0.563. The van der Waals surface area contributed by atoms with Gasteiger partial charge in [0.15, 0.2) is 11.5 Å². The maximum atomic E-state index is 5.20. The Hall–Kier alpha value is -1.77. The summed E-state index contributed by atoms with van der Waals surface area (Å²) in [5.41, 5.74) is 2.02. The number of hydrogen-bond donors (Lipinski definition) is 0. The average molecular weight is 219 g/mol. The maximum absolute atomic E-state index is 5.20. The summed E-state index contributed by atoms with van der Waals surface area (Å²) in [7, 11) is 3.24. The SMILES string of the molecule is C=C(C)CN=Cc1ccc(OC)c(OC)c1. The van der Waals surface area contributed by atoms with Gasteiger partial charge in [0.2, 0.25) is 0 Å². The van der Waals surface area contributed by atoms with Crippen LogP contribution in [0.2, 0.25) is 0 Å². The van der Waals surface area contributed by atoms with Gasteiger partial charge < -0.3 is 9.47 Å². The standard InChI is InChI=1S/C13H17NO2/c1-10(2)8-14-9-11-5-6-12(15-3)13(7-11)16-4/h5-7,9H,1,8H2,2-4H3. The molecule has 1 rings (SSSR count). The molecule has 0 saturated carbocycles. The minimum atomic E-state index is 0.647. The van der Waals surface area contributed by atoms with Crippen molar-refractivity contribution in [3.63, 3.8) is 0 Å². The van der Waals surface area contributed by atoms with E-state index in [2.05, 4.69) is 11.6 Å². The summed E-state index contributed by atoms with van der Waals surface area (Å²) >= 11 is 0. The van der Waals surface area contributed by atoms with Crippen LogP contribution in [0.1, 0.15) is 12.5 Å². The molecule has 0 radical (unpaired) electrons. The first-order chi connectivity index (χ1) is 7.67. The lowest BCUT2D eigenvalue weighted by Gasteiger charge is -2.07. The first-order valence-corrected chi connectivity index (χ1v) is 5.03. The fourth-order valence-electron chi connectivity index (χ4n) is 1.24. The van der Waals surface area contributed by atoms with Gasteiger partial charge in [-0.15, -0.1) is 0 Å². The molecule has 0 spiro atoms. The van der Waals surface area contributed by atoms with Crippen LogP contribution in [0, 0.1) is 0 Å². The molecule has 0 aliphatic carbocycles. The molecule has 0 unspecified atom stereocenters. The largest absolute Gasteiger partial charge is 0.493 e. The highest BCUT2D eigenvalue weighted by molar-refractivity contribution is 5.81. The predicted molar refractivity (Wildman–Crippen MR) is 66.8 cm³/mol. The normalized spacial score (nSPS) is 10.4. The van der Waals surface area contributed by atoms with E-state index in [4.69, 9.17) is 9.47 Å². The molecule has 3 heteroatoms. The Kier molecular flexibility index (Phi) is 4.58. The molecule has 0 aromatic heterocycles. The highest BCUT2D eigenvalue weighted by atomic mass is 16.5. The zero-order chi connectivity index (χ0) is 12.0. The van der Waals surface area contributed by atoms with Crippen LogP contribution in [0.15, 0.2) is 35.3 Å². The second-order valence-corrected chi connectivity index (χ2v) is 3.54.